The van der Waals surface area contributed by atoms with E-state index in [1.54, 1.807) is 20.8 Å². The number of rotatable bonds is 5. The topological polar surface area (TPSA) is 101 Å². The van der Waals surface area contributed by atoms with Crippen LogP contribution >= 0.6 is 0 Å². The average molecular weight is 401 g/mol. The molecule has 11 heteroatoms. The van der Waals surface area contributed by atoms with Crippen molar-refractivity contribution >= 4 is 23.4 Å². The molecule has 0 unspecified atom stereocenters. The third-order valence-corrected chi connectivity index (χ3v) is 3.86. The van der Waals surface area contributed by atoms with Crippen LogP contribution in [0.2, 0.25) is 0 Å². The Labute approximate surface area is 158 Å². The molecule has 152 valence electrons. The largest absolute Gasteiger partial charge is 0.406 e. The summed E-state index contributed by atoms with van der Waals surface area (Å²) < 4.78 is 38.5. The van der Waals surface area contributed by atoms with Gasteiger partial charge in [-0.15, -0.1) is 0 Å². The molecule has 1 aliphatic rings. The zero-order chi connectivity index (χ0) is 21.4. The number of halogens is 3. The molecule has 0 aliphatic carbocycles. The Morgan fingerprint density at radius 1 is 1.14 bits per heavy atom. The average Bonchev–Trinajstić information content (AvgIpc) is 2.76. The molecule has 0 saturated carbocycles. The predicted octanol–water partition coefficient (Wildman–Crippen LogP) is 2.63. The van der Waals surface area contributed by atoms with E-state index in [2.05, 4.69) is 0 Å². The number of nitro benzene ring substituents is 1. The Morgan fingerprint density at radius 3 is 2.25 bits per heavy atom. The smallest absolute Gasteiger partial charge is 0.332 e. The van der Waals surface area contributed by atoms with E-state index in [1.807, 2.05) is 0 Å². The van der Waals surface area contributed by atoms with Gasteiger partial charge in [0.2, 0.25) is 5.91 Å². The molecule has 1 aliphatic heterocycles. The number of hydrogen-bond acceptors (Lipinski definition) is 5. The molecule has 0 N–H and O–H groups in total. The van der Waals surface area contributed by atoms with Crippen molar-refractivity contribution in [1.82, 2.24) is 9.80 Å². The van der Waals surface area contributed by atoms with Gasteiger partial charge in [-0.05, 0) is 11.5 Å². The van der Waals surface area contributed by atoms with Crippen molar-refractivity contribution in [3.05, 3.63) is 39.4 Å². The van der Waals surface area contributed by atoms with Crippen molar-refractivity contribution in [2.45, 2.75) is 26.9 Å². The van der Waals surface area contributed by atoms with E-state index in [9.17, 15) is 37.7 Å². The zero-order valence-corrected chi connectivity index (χ0v) is 15.4. The maximum atomic E-state index is 12.8. The molecular formula is C17H18F3N3O5. The third-order valence-electron chi connectivity index (χ3n) is 3.86. The highest BCUT2D eigenvalue weighted by Crippen LogP contribution is 2.31. The Balaban J connectivity index is 2.29. The molecule has 1 aromatic carbocycles. The summed E-state index contributed by atoms with van der Waals surface area (Å²) in [6.45, 7) is 2.18. The fourth-order valence-electron chi connectivity index (χ4n) is 2.87. The first-order chi connectivity index (χ1) is 12.7. The van der Waals surface area contributed by atoms with Crippen LogP contribution in [0.3, 0.4) is 0 Å². The lowest BCUT2D eigenvalue weighted by Crippen LogP contribution is -2.48. The third kappa shape index (κ3) is 4.65. The molecule has 1 aromatic rings. The van der Waals surface area contributed by atoms with Crippen LogP contribution in [0.4, 0.5) is 18.9 Å². The number of imide groups is 1. The Bertz CT molecular complexity index is 829. The SMILES string of the molecule is CC(C)(C)CN(CC(F)(F)F)C(=O)CN1C(=O)c2cccc([N+](=O)[O-])c2C1=O. The molecule has 0 bridgehead atoms. The van der Waals surface area contributed by atoms with Gasteiger partial charge in [-0.3, -0.25) is 29.4 Å². The lowest BCUT2D eigenvalue weighted by molar-refractivity contribution is -0.385. The molecule has 1 heterocycles. The number of amides is 3. The van der Waals surface area contributed by atoms with Gasteiger partial charge in [0.15, 0.2) is 0 Å². The fourth-order valence-corrected chi connectivity index (χ4v) is 2.87. The Morgan fingerprint density at radius 2 is 1.75 bits per heavy atom. The van der Waals surface area contributed by atoms with Crippen LogP contribution in [-0.2, 0) is 4.79 Å². The second kappa shape index (κ2) is 7.21. The zero-order valence-electron chi connectivity index (χ0n) is 15.4. The molecule has 0 aromatic heterocycles. The summed E-state index contributed by atoms with van der Waals surface area (Å²) in [5.41, 5.74) is -2.00. The molecule has 0 saturated heterocycles. The normalized spacial score (nSPS) is 14.3. The standard InChI is InChI=1S/C17H18F3N3O5/c1-16(2,3)8-21(9-17(18,19)20)12(24)7-22-14(25)10-5-4-6-11(23(27)28)13(10)15(22)26/h4-6H,7-9H2,1-3H3. The van der Waals surface area contributed by atoms with Crippen LogP contribution in [0.25, 0.3) is 0 Å². The predicted molar refractivity (Wildman–Crippen MR) is 90.6 cm³/mol. The minimum Gasteiger partial charge on any atom is -0.332 e. The highest BCUT2D eigenvalue weighted by molar-refractivity contribution is 6.24. The number of alkyl halides is 3. The van der Waals surface area contributed by atoms with Gasteiger partial charge in [-0.25, -0.2) is 0 Å². The maximum absolute atomic E-state index is 12.8. The number of fused-ring (bicyclic) bond motifs is 1. The van der Waals surface area contributed by atoms with Crippen LogP contribution in [-0.4, -0.2) is 58.3 Å². The van der Waals surface area contributed by atoms with Gasteiger partial charge in [0.25, 0.3) is 17.5 Å². The molecule has 3 amide bonds. The van der Waals surface area contributed by atoms with Crippen LogP contribution < -0.4 is 0 Å². The minimum atomic E-state index is -4.66. The number of nitro groups is 1. The first kappa shape index (κ1) is 21.3. The van der Waals surface area contributed by atoms with Gasteiger partial charge in [0.05, 0.1) is 10.5 Å². The van der Waals surface area contributed by atoms with E-state index in [0.717, 1.165) is 6.07 Å². The number of nitrogens with zero attached hydrogens (tertiary/aromatic N) is 3. The van der Waals surface area contributed by atoms with E-state index < -0.39 is 58.6 Å². The van der Waals surface area contributed by atoms with Gasteiger partial charge in [-0.1, -0.05) is 26.8 Å². The summed E-state index contributed by atoms with van der Waals surface area (Å²) in [4.78, 5) is 48.5. The highest BCUT2D eigenvalue weighted by atomic mass is 19.4. The molecule has 2 rings (SSSR count). The molecule has 0 atom stereocenters. The summed E-state index contributed by atoms with van der Waals surface area (Å²) >= 11 is 0. The van der Waals surface area contributed by atoms with Crippen molar-refractivity contribution in [3.63, 3.8) is 0 Å². The fraction of sp³-hybridized carbons (Fsp3) is 0.471. The first-order valence-corrected chi connectivity index (χ1v) is 8.19. The highest BCUT2D eigenvalue weighted by Gasteiger charge is 2.43. The lowest BCUT2D eigenvalue weighted by atomic mass is 9.96. The Kier molecular flexibility index (Phi) is 5.49. The van der Waals surface area contributed by atoms with Crippen molar-refractivity contribution < 1.29 is 32.5 Å². The number of benzene rings is 1. The number of carbonyl (C=O) groups is 3. The maximum Gasteiger partial charge on any atom is 0.406 e. The molecule has 0 spiro atoms. The molecule has 28 heavy (non-hydrogen) atoms. The van der Waals surface area contributed by atoms with Crippen LogP contribution in [0.15, 0.2) is 18.2 Å². The van der Waals surface area contributed by atoms with Crippen LogP contribution in [0.5, 0.6) is 0 Å². The van der Waals surface area contributed by atoms with Crippen molar-refractivity contribution in [2.75, 3.05) is 19.6 Å². The van der Waals surface area contributed by atoms with E-state index in [0.29, 0.717) is 9.80 Å². The van der Waals surface area contributed by atoms with E-state index >= 15 is 0 Å². The van der Waals surface area contributed by atoms with Crippen molar-refractivity contribution in [1.29, 1.82) is 0 Å². The van der Waals surface area contributed by atoms with Crippen LogP contribution in [0.1, 0.15) is 41.5 Å². The number of carbonyl (C=O) groups excluding carboxylic acids is 3. The monoisotopic (exact) mass is 401 g/mol. The number of hydrogen-bond donors (Lipinski definition) is 0. The molecule has 0 fully saturated rings. The van der Waals surface area contributed by atoms with E-state index in [-0.39, 0.29) is 12.1 Å². The van der Waals surface area contributed by atoms with E-state index in [4.69, 9.17) is 0 Å². The van der Waals surface area contributed by atoms with Crippen molar-refractivity contribution in [3.8, 4) is 0 Å². The summed E-state index contributed by atoms with van der Waals surface area (Å²) in [5.74, 6) is -3.12. The minimum absolute atomic E-state index is 0.255. The van der Waals surface area contributed by atoms with Gasteiger partial charge in [0, 0.05) is 12.6 Å². The first-order valence-electron chi connectivity index (χ1n) is 8.19. The quantitative estimate of drug-likeness (QED) is 0.429. The van der Waals surface area contributed by atoms with E-state index in [1.165, 1.54) is 12.1 Å². The summed E-state index contributed by atoms with van der Waals surface area (Å²) in [7, 11) is 0. The molecule has 8 nitrogen and oxygen atoms in total. The molecular weight excluding hydrogens is 383 g/mol. The second-order valence-electron chi connectivity index (χ2n) is 7.58. The van der Waals surface area contributed by atoms with Gasteiger partial charge < -0.3 is 4.90 Å². The lowest BCUT2D eigenvalue weighted by Gasteiger charge is -2.31. The Hall–Kier alpha value is -2.98. The molecule has 0 radical (unpaired) electrons. The summed E-state index contributed by atoms with van der Waals surface area (Å²) in [6.07, 6.45) is -4.66. The summed E-state index contributed by atoms with van der Waals surface area (Å²) in [6, 6.07) is 3.43. The van der Waals surface area contributed by atoms with Gasteiger partial charge in [0.1, 0.15) is 18.7 Å². The van der Waals surface area contributed by atoms with Gasteiger partial charge >= 0.3 is 6.18 Å². The van der Waals surface area contributed by atoms with Crippen LogP contribution in [0, 0.1) is 15.5 Å². The second-order valence-corrected chi connectivity index (χ2v) is 7.58. The summed E-state index contributed by atoms with van der Waals surface area (Å²) in [5, 5.41) is 11.1. The van der Waals surface area contributed by atoms with Crippen molar-refractivity contribution in [2.24, 2.45) is 5.41 Å². The van der Waals surface area contributed by atoms with Gasteiger partial charge in [-0.2, -0.15) is 13.2 Å².